The van der Waals surface area contributed by atoms with Crippen LogP contribution >= 0.6 is 0 Å². The number of aryl methyl sites for hydroxylation is 2. The number of hydrogen-bond acceptors (Lipinski definition) is 5. The van der Waals surface area contributed by atoms with Crippen molar-refractivity contribution in [1.29, 1.82) is 0 Å². The van der Waals surface area contributed by atoms with Crippen LogP contribution in [0.5, 0.6) is 5.75 Å². The molecule has 0 aliphatic rings. The Labute approximate surface area is 129 Å². The number of amides is 1. The number of ether oxygens (including phenoxy) is 1. The summed E-state index contributed by atoms with van der Waals surface area (Å²) in [5.74, 6) is 1.31. The van der Waals surface area contributed by atoms with Crippen molar-refractivity contribution in [3.05, 3.63) is 41.5 Å². The average Bonchev–Trinajstić information content (AvgIpc) is 2.91. The second-order valence-electron chi connectivity index (χ2n) is 5.14. The zero-order valence-corrected chi connectivity index (χ0v) is 13.1. The molecule has 0 radical (unpaired) electrons. The molecule has 2 aromatic rings. The molecule has 118 valence electrons. The summed E-state index contributed by atoms with van der Waals surface area (Å²) in [6.45, 7) is 3.18. The molecule has 1 amide bonds. The second kappa shape index (κ2) is 7.04. The van der Waals surface area contributed by atoms with Gasteiger partial charge in [-0.2, -0.15) is 0 Å². The molecule has 0 unspecified atom stereocenters. The Morgan fingerprint density at radius 2 is 2.23 bits per heavy atom. The zero-order chi connectivity index (χ0) is 16.1. The molecular formula is C15H21N5O2. The van der Waals surface area contributed by atoms with Gasteiger partial charge < -0.3 is 19.9 Å². The smallest absolute Gasteiger partial charge is 0.254 e. The van der Waals surface area contributed by atoms with E-state index in [1.54, 1.807) is 35.0 Å². The SMILES string of the molecule is Cc1ccc(C(=O)N(C)Cc2nncn2C)cc1OCCN. The minimum absolute atomic E-state index is 0.0967. The van der Waals surface area contributed by atoms with Gasteiger partial charge in [-0.25, -0.2) is 0 Å². The van der Waals surface area contributed by atoms with Gasteiger partial charge in [0.2, 0.25) is 0 Å². The molecule has 0 aliphatic heterocycles. The monoisotopic (exact) mass is 303 g/mol. The number of carbonyl (C=O) groups is 1. The van der Waals surface area contributed by atoms with Crippen LogP contribution in [0, 0.1) is 6.92 Å². The van der Waals surface area contributed by atoms with Crippen LogP contribution in [-0.2, 0) is 13.6 Å². The van der Waals surface area contributed by atoms with Crippen LogP contribution in [0.3, 0.4) is 0 Å². The number of benzene rings is 1. The van der Waals surface area contributed by atoms with Crippen molar-refractivity contribution in [2.45, 2.75) is 13.5 Å². The minimum Gasteiger partial charge on any atom is -0.492 e. The first-order valence-corrected chi connectivity index (χ1v) is 7.04. The van der Waals surface area contributed by atoms with Crippen molar-refractivity contribution < 1.29 is 9.53 Å². The van der Waals surface area contributed by atoms with Gasteiger partial charge in [0, 0.05) is 26.2 Å². The van der Waals surface area contributed by atoms with Crippen LogP contribution in [0.1, 0.15) is 21.7 Å². The Hall–Kier alpha value is -2.41. The van der Waals surface area contributed by atoms with E-state index in [1.807, 2.05) is 20.0 Å². The number of aromatic nitrogens is 3. The average molecular weight is 303 g/mol. The minimum atomic E-state index is -0.0967. The summed E-state index contributed by atoms with van der Waals surface area (Å²) in [5, 5.41) is 7.79. The highest BCUT2D eigenvalue weighted by Gasteiger charge is 2.15. The normalized spacial score (nSPS) is 10.5. The van der Waals surface area contributed by atoms with Crippen molar-refractivity contribution in [2.75, 3.05) is 20.2 Å². The first-order valence-electron chi connectivity index (χ1n) is 7.04. The van der Waals surface area contributed by atoms with Crippen molar-refractivity contribution in [2.24, 2.45) is 12.8 Å². The van der Waals surface area contributed by atoms with Gasteiger partial charge in [0.05, 0.1) is 6.54 Å². The van der Waals surface area contributed by atoms with Gasteiger partial charge in [0.25, 0.3) is 5.91 Å². The lowest BCUT2D eigenvalue weighted by molar-refractivity contribution is 0.0780. The predicted octanol–water partition coefficient (Wildman–Crippen LogP) is 0.733. The van der Waals surface area contributed by atoms with E-state index in [0.717, 1.165) is 11.4 Å². The standard InChI is InChI=1S/C15H21N5O2/c1-11-4-5-12(8-13(11)22-7-6-16)15(21)19(2)9-14-18-17-10-20(14)3/h4-5,8,10H,6-7,9,16H2,1-3H3. The number of nitrogens with two attached hydrogens (primary N) is 1. The first-order chi connectivity index (χ1) is 10.5. The van der Waals surface area contributed by atoms with E-state index in [1.165, 1.54) is 0 Å². The summed E-state index contributed by atoms with van der Waals surface area (Å²) in [5.41, 5.74) is 6.99. The number of nitrogens with zero attached hydrogens (tertiary/aromatic N) is 4. The van der Waals surface area contributed by atoms with Gasteiger partial charge in [0.15, 0.2) is 5.82 Å². The molecule has 0 bridgehead atoms. The summed E-state index contributed by atoms with van der Waals surface area (Å²) in [4.78, 5) is 14.1. The Kier molecular flexibility index (Phi) is 5.11. The third-order valence-electron chi connectivity index (χ3n) is 3.34. The van der Waals surface area contributed by atoms with Gasteiger partial charge in [-0.15, -0.1) is 10.2 Å². The quantitative estimate of drug-likeness (QED) is 0.850. The number of hydrogen-bond donors (Lipinski definition) is 1. The molecule has 2 N–H and O–H groups in total. The highest BCUT2D eigenvalue weighted by molar-refractivity contribution is 5.94. The summed E-state index contributed by atoms with van der Waals surface area (Å²) in [6.07, 6.45) is 1.61. The maximum atomic E-state index is 12.5. The van der Waals surface area contributed by atoms with E-state index < -0.39 is 0 Å². The molecule has 1 aromatic carbocycles. The predicted molar refractivity (Wildman–Crippen MR) is 82.5 cm³/mol. The molecule has 1 heterocycles. The lowest BCUT2D eigenvalue weighted by atomic mass is 10.1. The zero-order valence-electron chi connectivity index (χ0n) is 13.1. The highest BCUT2D eigenvalue weighted by Crippen LogP contribution is 2.20. The van der Waals surface area contributed by atoms with Crippen LogP contribution in [0.4, 0.5) is 0 Å². The molecule has 0 spiro atoms. The van der Waals surface area contributed by atoms with Gasteiger partial charge in [0.1, 0.15) is 18.7 Å². The molecule has 1 aromatic heterocycles. The van der Waals surface area contributed by atoms with E-state index in [0.29, 0.717) is 31.0 Å². The van der Waals surface area contributed by atoms with E-state index >= 15 is 0 Å². The maximum absolute atomic E-state index is 12.5. The van der Waals surface area contributed by atoms with E-state index in [2.05, 4.69) is 10.2 Å². The molecule has 0 fully saturated rings. The third kappa shape index (κ3) is 3.62. The molecule has 0 atom stereocenters. The maximum Gasteiger partial charge on any atom is 0.254 e. The fourth-order valence-electron chi connectivity index (χ4n) is 2.01. The van der Waals surface area contributed by atoms with Gasteiger partial charge in [-0.3, -0.25) is 4.79 Å². The largest absolute Gasteiger partial charge is 0.492 e. The lowest BCUT2D eigenvalue weighted by Crippen LogP contribution is -2.27. The summed E-state index contributed by atoms with van der Waals surface area (Å²) < 4.78 is 7.35. The van der Waals surface area contributed by atoms with Crippen LogP contribution in [0.25, 0.3) is 0 Å². The molecule has 0 aliphatic carbocycles. The van der Waals surface area contributed by atoms with Gasteiger partial charge >= 0.3 is 0 Å². The molecule has 7 nitrogen and oxygen atoms in total. The van der Waals surface area contributed by atoms with Gasteiger partial charge in [-0.1, -0.05) is 6.07 Å². The number of rotatable bonds is 6. The first kappa shape index (κ1) is 16.0. The van der Waals surface area contributed by atoms with Crippen LogP contribution < -0.4 is 10.5 Å². The lowest BCUT2D eigenvalue weighted by Gasteiger charge is -2.17. The Morgan fingerprint density at radius 1 is 1.45 bits per heavy atom. The summed E-state index contributed by atoms with van der Waals surface area (Å²) in [7, 11) is 3.58. The number of carbonyl (C=O) groups excluding carboxylic acids is 1. The fraction of sp³-hybridized carbons (Fsp3) is 0.400. The van der Waals surface area contributed by atoms with Crippen LogP contribution in [0.2, 0.25) is 0 Å². The van der Waals surface area contributed by atoms with Crippen molar-refractivity contribution in [3.8, 4) is 5.75 Å². The molecule has 22 heavy (non-hydrogen) atoms. The third-order valence-corrected chi connectivity index (χ3v) is 3.34. The fourth-order valence-corrected chi connectivity index (χ4v) is 2.01. The van der Waals surface area contributed by atoms with Crippen molar-refractivity contribution in [3.63, 3.8) is 0 Å². The van der Waals surface area contributed by atoms with Crippen LogP contribution in [0.15, 0.2) is 24.5 Å². The summed E-state index contributed by atoms with van der Waals surface area (Å²) >= 11 is 0. The van der Waals surface area contributed by atoms with Crippen LogP contribution in [-0.4, -0.2) is 45.8 Å². The Bertz CT molecular complexity index is 653. The van der Waals surface area contributed by atoms with Crippen molar-refractivity contribution in [1.82, 2.24) is 19.7 Å². The van der Waals surface area contributed by atoms with E-state index in [-0.39, 0.29) is 5.91 Å². The van der Waals surface area contributed by atoms with E-state index in [4.69, 9.17) is 10.5 Å². The molecular weight excluding hydrogens is 282 g/mol. The second-order valence-corrected chi connectivity index (χ2v) is 5.14. The van der Waals surface area contributed by atoms with Crippen molar-refractivity contribution >= 4 is 5.91 Å². The Balaban J connectivity index is 2.13. The molecule has 7 heteroatoms. The van der Waals surface area contributed by atoms with Gasteiger partial charge in [-0.05, 0) is 24.6 Å². The topological polar surface area (TPSA) is 86.3 Å². The Morgan fingerprint density at radius 3 is 2.86 bits per heavy atom. The van der Waals surface area contributed by atoms with E-state index in [9.17, 15) is 4.79 Å². The molecule has 2 rings (SSSR count). The molecule has 0 saturated heterocycles. The highest BCUT2D eigenvalue weighted by atomic mass is 16.5. The molecule has 0 saturated carbocycles. The summed E-state index contributed by atoms with van der Waals surface area (Å²) in [6, 6.07) is 5.41.